The lowest BCUT2D eigenvalue weighted by Crippen LogP contribution is -2.38. The van der Waals surface area contributed by atoms with Gasteiger partial charge in [-0.05, 0) is 29.8 Å². The van der Waals surface area contributed by atoms with Crippen LogP contribution in [0.15, 0.2) is 36.4 Å². The first kappa shape index (κ1) is 16.3. The number of nitrogens with one attached hydrogen (secondary N) is 2. The molecule has 1 amide bonds. The highest BCUT2D eigenvalue weighted by Crippen LogP contribution is 2.39. The summed E-state index contributed by atoms with van der Waals surface area (Å²) in [6.45, 7) is -3.03. The zero-order valence-electron chi connectivity index (χ0n) is 12.5. The number of ether oxygens (including phenoxy) is 2. The zero-order valence-corrected chi connectivity index (χ0v) is 13.2. The number of rotatable bonds is 4. The summed E-state index contributed by atoms with van der Waals surface area (Å²) in [4.78, 5) is 12.2. The fourth-order valence-electron chi connectivity index (χ4n) is 2.48. The van der Waals surface area contributed by atoms with Crippen molar-refractivity contribution in [1.82, 2.24) is 5.32 Å². The van der Waals surface area contributed by atoms with E-state index in [1.165, 1.54) is 19.2 Å². The van der Waals surface area contributed by atoms with Gasteiger partial charge in [0.1, 0.15) is 6.17 Å². The second kappa shape index (κ2) is 6.52. The summed E-state index contributed by atoms with van der Waals surface area (Å²) in [5, 5.41) is 5.88. The van der Waals surface area contributed by atoms with Crippen LogP contribution >= 0.6 is 11.6 Å². The van der Waals surface area contributed by atoms with Gasteiger partial charge in [0.25, 0.3) is 5.91 Å². The molecule has 2 N–H and O–H groups in total. The molecule has 2 aromatic rings. The number of hydrogen-bond acceptors (Lipinski definition) is 4. The molecule has 0 bridgehead atoms. The normalized spacial score (nSPS) is 16.2. The smallest absolute Gasteiger partial charge is 0.387 e. The predicted molar refractivity (Wildman–Crippen MR) is 84.9 cm³/mol. The number of carbonyl (C=O) groups is 1. The zero-order chi connectivity index (χ0) is 17.3. The topological polar surface area (TPSA) is 59.6 Å². The lowest BCUT2D eigenvalue weighted by molar-refractivity contribution is -0.0511. The van der Waals surface area contributed by atoms with Crippen LogP contribution < -0.4 is 20.1 Å². The van der Waals surface area contributed by atoms with Crippen LogP contribution in [0.5, 0.6) is 11.5 Å². The van der Waals surface area contributed by atoms with Gasteiger partial charge in [-0.25, -0.2) is 0 Å². The number of amides is 1. The highest BCUT2D eigenvalue weighted by atomic mass is 35.5. The standard InChI is InChI=1S/C16H13ClF2N2O3/c1-23-12-7-8(6-10(17)13(12)24-16(18)19)14-20-11-5-3-2-4-9(11)15(22)21-14/h2-7,14,16,20H,1H3,(H,21,22). The van der Waals surface area contributed by atoms with Crippen LogP contribution in [0.2, 0.25) is 5.02 Å². The van der Waals surface area contributed by atoms with Crippen molar-refractivity contribution in [2.45, 2.75) is 12.8 Å². The third-order valence-corrected chi connectivity index (χ3v) is 3.82. The predicted octanol–water partition coefficient (Wildman–Crippen LogP) is 3.80. The van der Waals surface area contributed by atoms with Crippen molar-refractivity contribution in [3.8, 4) is 11.5 Å². The van der Waals surface area contributed by atoms with E-state index in [2.05, 4.69) is 15.4 Å². The van der Waals surface area contributed by atoms with Crippen LogP contribution in [0, 0.1) is 0 Å². The molecule has 0 radical (unpaired) electrons. The monoisotopic (exact) mass is 354 g/mol. The van der Waals surface area contributed by atoms with Crippen LogP contribution in [0.4, 0.5) is 14.5 Å². The Morgan fingerprint density at radius 2 is 1.96 bits per heavy atom. The average molecular weight is 355 g/mol. The van der Waals surface area contributed by atoms with Crippen molar-refractivity contribution in [3.63, 3.8) is 0 Å². The number of alkyl halides is 2. The molecule has 24 heavy (non-hydrogen) atoms. The second-order valence-electron chi connectivity index (χ2n) is 5.01. The molecule has 126 valence electrons. The minimum Gasteiger partial charge on any atom is -0.493 e. The van der Waals surface area contributed by atoms with E-state index in [4.69, 9.17) is 16.3 Å². The van der Waals surface area contributed by atoms with Gasteiger partial charge in [-0.2, -0.15) is 8.78 Å². The molecule has 0 aromatic heterocycles. The highest BCUT2D eigenvalue weighted by Gasteiger charge is 2.26. The minimum atomic E-state index is -3.03. The lowest BCUT2D eigenvalue weighted by Gasteiger charge is -2.28. The molecular weight excluding hydrogens is 342 g/mol. The molecule has 1 aliphatic rings. The maximum absolute atomic E-state index is 12.5. The molecule has 0 fully saturated rings. The summed E-state index contributed by atoms with van der Waals surface area (Å²) in [5.41, 5.74) is 1.72. The minimum absolute atomic E-state index is 0.0421. The number of para-hydroxylation sites is 1. The van der Waals surface area contributed by atoms with Crippen LogP contribution in [-0.2, 0) is 0 Å². The van der Waals surface area contributed by atoms with Gasteiger partial charge in [0.2, 0.25) is 0 Å². The second-order valence-corrected chi connectivity index (χ2v) is 5.42. The largest absolute Gasteiger partial charge is 0.493 e. The van der Waals surface area contributed by atoms with Crippen molar-refractivity contribution in [3.05, 3.63) is 52.5 Å². The number of halogens is 3. The highest BCUT2D eigenvalue weighted by molar-refractivity contribution is 6.32. The van der Waals surface area contributed by atoms with Crippen LogP contribution in [-0.4, -0.2) is 19.6 Å². The van der Waals surface area contributed by atoms with Crippen molar-refractivity contribution < 1.29 is 23.0 Å². The summed E-state index contributed by atoms with van der Waals surface area (Å²) < 4.78 is 34.4. The van der Waals surface area contributed by atoms with E-state index in [1.807, 2.05) is 0 Å². The van der Waals surface area contributed by atoms with Gasteiger partial charge < -0.3 is 20.1 Å². The maximum Gasteiger partial charge on any atom is 0.387 e. The third kappa shape index (κ3) is 3.07. The molecule has 1 atom stereocenters. The van der Waals surface area contributed by atoms with Gasteiger partial charge in [0.15, 0.2) is 11.5 Å². The Hall–Kier alpha value is -2.54. The van der Waals surface area contributed by atoms with Crippen LogP contribution in [0.25, 0.3) is 0 Å². The Labute approximate surface area is 141 Å². The van der Waals surface area contributed by atoms with Gasteiger partial charge in [-0.3, -0.25) is 4.79 Å². The maximum atomic E-state index is 12.5. The SMILES string of the molecule is COc1cc(C2NC(=O)c3ccccc3N2)cc(Cl)c1OC(F)F. The number of hydrogen-bond donors (Lipinski definition) is 2. The summed E-state index contributed by atoms with van der Waals surface area (Å²) in [6, 6.07) is 9.95. The van der Waals surface area contributed by atoms with Gasteiger partial charge in [0, 0.05) is 5.69 Å². The summed E-state index contributed by atoms with van der Waals surface area (Å²) in [5.74, 6) is -0.453. The van der Waals surface area contributed by atoms with Gasteiger partial charge in [-0.1, -0.05) is 23.7 Å². The summed E-state index contributed by atoms with van der Waals surface area (Å²) in [6.07, 6.45) is -0.584. The molecule has 3 rings (SSSR count). The molecule has 5 nitrogen and oxygen atoms in total. The first-order chi connectivity index (χ1) is 11.5. The Morgan fingerprint density at radius 3 is 2.67 bits per heavy atom. The van der Waals surface area contributed by atoms with Crippen molar-refractivity contribution >= 4 is 23.2 Å². The van der Waals surface area contributed by atoms with E-state index in [0.29, 0.717) is 16.8 Å². The average Bonchev–Trinajstić information content (AvgIpc) is 2.56. The third-order valence-electron chi connectivity index (χ3n) is 3.54. The molecule has 1 aliphatic heterocycles. The Kier molecular flexibility index (Phi) is 4.44. The molecule has 1 unspecified atom stereocenters. The molecule has 2 aromatic carbocycles. The number of benzene rings is 2. The molecular formula is C16H13ClF2N2O3. The van der Waals surface area contributed by atoms with Crippen molar-refractivity contribution in [2.75, 3.05) is 12.4 Å². The van der Waals surface area contributed by atoms with E-state index in [9.17, 15) is 13.6 Å². The molecule has 1 heterocycles. The van der Waals surface area contributed by atoms with E-state index in [0.717, 1.165) is 0 Å². The molecule has 0 saturated carbocycles. The fourth-order valence-corrected chi connectivity index (χ4v) is 2.75. The van der Waals surface area contributed by atoms with E-state index in [-0.39, 0.29) is 22.4 Å². The van der Waals surface area contributed by atoms with Crippen LogP contribution in [0.1, 0.15) is 22.1 Å². The molecule has 0 aliphatic carbocycles. The Morgan fingerprint density at radius 1 is 1.21 bits per heavy atom. The Balaban J connectivity index is 1.96. The molecule has 0 saturated heterocycles. The quantitative estimate of drug-likeness (QED) is 0.876. The summed E-state index contributed by atoms with van der Waals surface area (Å²) >= 11 is 6.03. The van der Waals surface area contributed by atoms with E-state index in [1.54, 1.807) is 24.3 Å². The van der Waals surface area contributed by atoms with E-state index >= 15 is 0 Å². The number of anilines is 1. The van der Waals surface area contributed by atoms with E-state index < -0.39 is 12.8 Å². The van der Waals surface area contributed by atoms with Gasteiger partial charge >= 0.3 is 6.61 Å². The first-order valence-electron chi connectivity index (χ1n) is 6.98. The van der Waals surface area contributed by atoms with Crippen molar-refractivity contribution in [2.24, 2.45) is 0 Å². The molecule has 8 heteroatoms. The Bertz CT molecular complexity index is 786. The van der Waals surface area contributed by atoms with Gasteiger partial charge in [0.05, 0.1) is 17.7 Å². The first-order valence-corrected chi connectivity index (χ1v) is 7.36. The van der Waals surface area contributed by atoms with Gasteiger partial charge in [-0.15, -0.1) is 0 Å². The number of methoxy groups -OCH3 is 1. The lowest BCUT2D eigenvalue weighted by atomic mass is 10.1. The summed E-state index contributed by atoms with van der Waals surface area (Å²) in [7, 11) is 1.32. The van der Waals surface area contributed by atoms with Crippen molar-refractivity contribution in [1.29, 1.82) is 0 Å². The molecule has 0 spiro atoms. The van der Waals surface area contributed by atoms with Crippen LogP contribution in [0.3, 0.4) is 0 Å². The number of fused-ring (bicyclic) bond motifs is 1. The fraction of sp³-hybridized carbons (Fsp3) is 0.188. The number of carbonyl (C=O) groups excluding carboxylic acids is 1.